The fourth-order valence-electron chi connectivity index (χ4n) is 1.76. The van der Waals surface area contributed by atoms with Crippen LogP contribution in [-0.2, 0) is 0 Å². The molecule has 0 fully saturated rings. The first-order valence-corrected chi connectivity index (χ1v) is 7.60. The van der Waals surface area contributed by atoms with Crippen molar-refractivity contribution in [3.8, 4) is 0 Å². The second kappa shape index (κ2) is 6.03. The Morgan fingerprint density at radius 2 is 1.84 bits per heavy atom. The number of rotatable bonds is 3. The Bertz CT molecular complexity index is 641. The highest BCUT2D eigenvalue weighted by Crippen LogP contribution is 2.31. The van der Waals surface area contributed by atoms with Gasteiger partial charge in [-0.05, 0) is 68.6 Å². The molecule has 5 heteroatoms. The summed E-state index contributed by atoms with van der Waals surface area (Å²) in [5.74, 6) is 0. The van der Waals surface area contributed by atoms with E-state index < -0.39 is 0 Å². The average Bonchev–Trinajstić information content (AvgIpc) is 2.33. The summed E-state index contributed by atoms with van der Waals surface area (Å²) in [7, 11) is 0. The van der Waals surface area contributed by atoms with Crippen LogP contribution in [0, 0.1) is 6.92 Å². The van der Waals surface area contributed by atoms with Crippen LogP contribution in [-0.4, -0.2) is 4.99 Å². The lowest BCUT2D eigenvalue weighted by Crippen LogP contribution is -2.12. The van der Waals surface area contributed by atoms with Gasteiger partial charge in [-0.1, -0.05) is 24.4 Å². The van der Waals surface area contributed by atoms with Gasteiger partial charge in [0.05, 0.1) is 5.69 Å². The van der Waals surface area contributed by atoms with Crippen molar-refractivity contribution in [3.05, 3.63) is 56.5 Å². The van der Waals surface area contributed by atoms with Crippen LogP contribution in [0.3, 0.4) is 0 Å². The van der Waals surface area contributed by atoms with Crippen molar-refractivity contribution in [3.63, 3.8) is 0 Å². The van der Waals surface area contributed by atoms with Crippen molar-refractivity contribution in [1.29, 1.82) is 0 Å². The molecule has 0 amide bonds. The van der Waals surface area contributed by atoms with Crippen molar-refractivity contribution in [2.45, 2.75) is 6.92 Å². The van der Waals surface area contributed by atoms with Gasteiger partial charge in [0.25, 0.3) is 0 Å². The van der Waals surface area contributed by atoms with Gasteiger partial charge in [0.15, 0.2) is 0 Å². The van der Waals surface area contributed by atoms with E-state index in [9.17, 15) is 0 Å². The van der Waals surface area contributed by atoms with Gasteiger partial charge in [-0.25, -0.2) is 0 Å². The van der Waals surface area contributed by atoms with E-state index >= 15 is 0 Å². The lowest BCUT2D eigenvalue weighted by atomic mass is 10.1. The van der Waals surface area contributed by atoms with Crippen LogP contribution in [0.4, 0.5) is 11.4 Å². The number of aryl methyl sites for hydroxylation is 1. The molecule has 0 saturated heterocycles. The third-order valence-electron chi connectivity index (χ3n) is 2.65. The number of hydrogen-bond donors (Lipinski definition) is 2. The largest absolute Gasteiger partial charge is 0.389 e. The molecule has 19 heavy (non-hydrogen) atoms. The second-order valence-electron chi connectivity index (χ2n) is 4.13. The molecule has 0 radical (unpaired) electrons. The summed E-state index contributed by atoms with van der Waals surface area (Å²) in [5, 5.41) is 3.36. The highest BCUT2D eigenvalue weighted by Gasteiger charge is 2.10. The highest BCUT2D eigenvalue weighted by molar-refractivity contribution is 9.11. The van der Waals surface area contributed by atoms with Crippen molar-refractivity contribution in [2.24, 2.45) is 5.73 Å². The van der Waals surface area contributed by atoms with E-state index in [4.69, 9.17) is 18.0 Å². The van der Waals surface area contributed by atoms with Gasteiger partial charge in [-0.15, -0.1) is 0 Å². The molecule has 0 aliphatic carbocycles. The zero-order valence-electron chi connectivity index (χ0n) is 10.2. The molecule has 0 aliphatic heterocycles. The average molecular weight is 400 g/mol. The maximum absolute atomic E-state index is 5.79. The van der Waals surface area contributed by atoms with Crippen LogP contribution in [0.5, 0.6) is 0 Å². The van der Waals surface area contributed by atoms with Gasteiger partial charge in [0.1, 0.15) is 4.99 Å². The van der Waals surface area contributed by atoms with E-state index in [1.165, 1.54) is 5.56 Å². The fraction of sp³-hybridized carbons (Fsp3) is 0.0714. The SMILES string of the molecule is Cc1ccc(Br)c(Nc2cccc(Br)c2C(N)=S)c1. The minimum Gasteiger partial charge on any atom is -0.389 e. The summed E-state index contributed by atoms with van der Waals surface area (Å²) in [6, 6.07) is 11.9. The molecular formula is C14H12Br2N2S. The number of nitrogens with one attached hydrogen (secondary N) is 1. The number of thiocarbonyl (C=S) groups is 1. The zero-order chi connectivity index (χ0) is 14.0. The molecule has 98 valence electrons. The molecule has 0 heterocycles. The Balaban J connectivity index is 2.46. The summed E-state index contributed by atoms with van der Waals surface area (Å²) in [6.07, 6.45) is 0. The highest BCUT2D eigenvalue weighted by atomic mass is 79.9. The summed E-state index contributed by atoms with van der Waals surface area (Å²) in [4.78, 5) is 0.360. The van der Waals surface area contributed by atoms with E-state index in [-0.39, 0.29) is 0 Å². The lowest BCUT2D eigenvalue weighted by Gasteiger charge is -2.14. The van der Waals surface area contributed by atoms with Gasteiger partial charge in [0, 0.05) is 20.2 Å². The minimum atomic E-state index is 0.360. The Labute approximate surface area is 134 Å². The summed E-state index contributed by atoms with van der Waals surface area (Å²) in [5.41, 5.74) is 9.64. The van der Waals surface area contributed by atoms with Crippen LogP contribution < -0.4 is 11.1 Å². The van der Waals surface area contributed by atoms with Gasteiger partial charge in [0.2, 0.25) is 0 Å². The first kappa shape index (κ1) is 14.5. The standard InChI is InChI=1S/C14H12Br2N2S/c1-8-5-6-9(15)12(7-8)18-11-4-2-3-10(16)13(11)14(17)19/h2-7,18H,1H3,(H2,17,19). The second-order valence-corrected chi connectivity index (χ2v) is 6.28. The Morgan fingerprint density at radius 3 is 2.53 bits per heavy atom. The van der Waals surface area contributed by atoms with Gasteiger partial charge < -0.3 is 11.1 Å². The molecule has 2 nitrogen and oxygen atoms in total. The predicted octanol–water partition coefficient (Wildman–Crippen LogP) is 4.90. The molecule has 2 aromatic rings. The normalized spacial score (nSPS) is 10.3. The van der Waals surface area contributed by atoms with Crippen LogP contribution in [0.2, 0.25) is 0 Å². The molecule has 2 rings (SSSR count). The summed E-state index contributed by atoms with van der Waals surface area (Å²) >= 11 is 12.1. The number of anilines is 2. The Morgan fingerprint density at radius 1 is 1.11 bits per heavy atom. The van der Waals surface area contributed by atoms with Crippen molar-refractivity contribution < 1.29 is 0 Å². The fourth-order valence-corrected chi connectivity index (χ4v) is 3.04. The minimum absolute atomic E-state index is 0.360. The number of nitrogens with two attached hydrogens (primary N) is 1. The number of hydrogen-bond acceptors (Lipinski definition) is 2. The first-order valence-electron chi connectivity index (χ1n) is 5.60. The zero-order valence-corrected chi connectivity index (χ0v) is 14.2. The van der Waals surface area contributed by atoms with Crippen LogP contribution in [0.25, 0.3) is 0 Å². The molecule has 0 aromatic heterocycles. The Hall–Kier alpha value is -0.910. The quantitative estimate of drug-likeness (QED) is 0.721. The number of halogens is 2. The van der Waals surface area contributed by atoms with E-state index in [2.05, 4.69) is 43.2 Å². The summed E-state index contributed by atoms with van der Waals surface area (Å²) in [6.45, 7) is 2.05. The maximum Gasteiger partial charge on any atom is 0.107 e. The first-order chi connectivity index (χ1) is 8.99. The van der Waals surface area contributed by atoms with E-state index in [0.29, 0.717) is 4.99 Å². The molecule has 0 spiro atoms. The Kier molecular flexibility index (Phi) is 4.60. The predicted molar refractivity (Wildman–Crippen MR) is 92.2 cm³/mol. The van der Waals surface area contributed by atoms with E-state index in [1.807, 2.05) is 37.3 Å². The van der Waals surface area contributed by atoms with Crippen molar-refractivity contribution >= 4 is 60.4 Å². The third kappa shape index (κ3) is 3.35. The monoisotopic (exact) mass is 398 g/mol. The lowest BCUT2D eigenvalue weighted by molar-refractivity contribution is 1.42. The summed E-state index contributed by atoms with van der Waals surface area (Å²) < 4.78 is 1.88. The molecule has 3 N–H and O–H groups in total. The van der Waals surface area contributed by atoms with Gasteiger partial charge in [-0.2, -0.15) is 0 Å². The molecule has 0 aliphatic rings. The van der Waals surface area contributed by atoms with Gasteiger partial charge in [-0.3, -0.25) is 0 Å². The van der Waals surface area contributed by atoms with Crippen LogP contribution in [0.15, 0.2) is 45.3 Å². The van der Waals surface area contributed by atoms with Crippen molar-refractivity contribution in [2.75, 3.05) is 5.32 Å². The maximum atomic E-state index is 5.79. The molecule has 0 unspecified atom stereocenters. The molecule has 0 saturated carbocycles. The van der Waals surface area contributed by atoms with Crippen LogP contribution >= 0.6 is 44.1 Å². The molecule has 2 aromatic carbocycles. The smallest absolute Gasteiger partial charge is 0.107 e. The van der Waals surface area contributed by atoms with Gasteiger partial charge >= 0.3 is 0 Å². The third-order valence-corrected chi connectivity index (χ3v) is 4.21. The number of benzene rings is 2. The van der Waals surface area contributed by atoms with Crippen LogP contribution in [0.1, 0.15) is 11.1 Å². The molecular weight excluding hydrogens is 388 g/mol. The molecule has 0 bridgehead atoms. The van der Waals surface area contributed by atoms with E-state index in [1.54, 1.807) is 0 Å². The molecule has 0 atom stereocenters. The topological polar surface area (TPSA) is 38.0 Å². The van der Waals surface area contributed by atoms with E-state index in [0.717, 1.165) is 25.9 Å². The van der Waals surface area contributed by atoms with Crippen molar-refractivity contribution in [1.82, 2.24) is 0 Å².